The lowest BCUT2D eigenvalue weighted by Crippen LogP contribution is -2.39. The largest absolute Gasteiger partial charge is 0.332 e. The van der Waals surface area contributed by atoms with E-state index in [4.69, 9.17) is 0 Å². The summed E-state index contributed by atoms with van der Waals surface area (Å²) in [5.41, 5.74) is 3.32. The fourth-order valence-corrected chi connectivity index (χ4v) is 1.83. The summed E-state index contributed by atoms with van der Waals surface area (Å²) in [6.45, 7) is 0. The van der Waals surface area contributed by atoms with Crippen LogP contribution in [0.3, 0.4) is 0 Å². The molecule has 2 rings (SSSR count). The molecule has 0 aliphatic heterocycles. The maximum Gasteiger partial charge on any atom is 0.332 e. The number of hydrogen-bond acceptors (Lipinski definition) is 6. The van der Waals surface area contributed by atoms with E-state index < -0.39 is 22.5 Å². The van der Waals surface area contributed by atoms with Gasteiger partial charge in [-0.2, -0.15) is 0 Å². The Labute approximate surface area is 123 Å². The Morgan fingerprint density at radius 3 is 1.27 bits per heavy atom. The maximum atomic E-state index is 11.8. The van der Waals surface area contributed by atoms with Crippen LogP contribution in [0.5, 0.6) is 0 Å². The van der Waals surface area contributed by atoms with E-state index >= 15 is 0 Å². The molecule has 0 spiro atoms. The van der Waals surface area contributed by atoms with Gasteiger partial charge < -0.3 is 0 Å². The second-order valence-electron chi connectivity index (χ2n) is 4.79. The lowest BCUT2D eigenvalue weighted by Gasteiger charge is -2.15. The molecule has 0 atom stereocenters. The third-order valence-electron chi connectivity index (χ3n) is 3.37. The van der Waals surface area contributed by atoms with Gasteiger partial charge in [-0.25, -0.2) is 9.59 Å². The van der Waals surface area contributed by atoms with E-state index in [1.165, 1.54) is 49.5 Å². The average Bonchev–Trinajstić information content (AvgIpc) is 2.49. The van der Waals surface area contributed by atoms with E-state index in [-0.39, 0.29) is 11.6 Å². The van der Waals surface area contributed by atoms with E-state index in [2.05, 4.69) is 10.9 Å². The highest BCUT2D eigenvalue weighted by atomic mass is 16.2. The van der Waals surface area contributed by atoms with Gasteiger partial charge >= 0.3 is 11.4 Å². The van der Waals surface area contributed by atoms with Crippen LogP contribution in [0.15, 0.2) is 31.3 Å². The molecule has 0 fully saturated rings. The van der Waals surface area contributed by atoms with Gasteiger partial charge in [0.1, 0.15) is 11.6 Å². The highest BCUT2D eigenvalue weighted by Gasteiger charge is 2.08. The van der Waals surface area contributed by atoms with E-state index in [0.29, 0.717) is 0 Å². The topological polar surface area (TPSA) is 112 Å². The minimum atomic E-state index is -0.505. The highest BCUT2D eigenvalue weighted by molar-refractivity contribution is 5.44. The molecular weight excluding hydrogens is 292 g/mol. The van der Waals surface area contributed by atoms with Crippen molar-refractivity contribution >= 4 is 11.6 Å². The molecule has 118 valence electrons. The number of aromatic nitrogens is 4. The van der Waals surface area contributed by atoms with E-state index in [0.717, 1.165) is 9.13 Å². The zero-order valence-corrected chi connectivity index (χ0v) is 12.6. The monoisotopic (exact) mass is 308 g/mol. The van der Waals surface area contributed by atoms with E-state index in [1.54, 1.807) is 0 Å². The van der Waals surface area contributed by atoms with Crippen LogP contribution in [0, 0.1) is 0 Å². The summed E-state index contributed by atoms with van der Waals surface area (Å²) in [5.74, 6) is 0.391. The Kier molecular flexibility index (Phi) is 3.76. The average molecular weight is 308 g/mol. The van der Waals surface area contributed by atoms with Gasteiger partial charge in [0.05, 0.1) is 0 Å². The zero-order chi connectivity index (χ0) is 16.6. The second kappa shape index (κ2) is 5.39. The van der Waals surface area contributed by atoms with Gasteiger partial charge in [0.15, 0.2) is 0 Å². The molecule has 0 unspecified atom stereocenters. The lowest BCUT2D eigenvalue weighted by atomic mass is 10.5. The Morgan fingerprint density at radius 1 is 0.636 bits per heavy atom. The number of nitrogens with zero attached hydrogens (tertiary/aromatic N) is 4. The van der Waals surface area contributed by atoms with Gasteiger partial charge in [0.2, 0.25) is 0 Å². The summed E-state index contributed by atoms with van der Waals surface area (Å²) in [7, 11) is 5.70. The fourth-order valence-electron chi connectivity index (χ4n) is 1.83. The highest BCUT2D eigenvalue weighted by Crippen LogP contribution is 2.02. The predicted molar refractivity (Wildman–Crippen MR) is 81.1 cm³/mol. The molecule has 0 radical (unpaired) electrons. The minimum absolute atomic E-state index is 0.196. The van der Waals surface area contributed by atoms with Crippen molar-refractivity contribution in [1.29, 1.82) is 0 Å². The summed E-state index contributed by atoms with van der Waals surface area (Å²) in [6.07, 6.45) is 0. The van der Waals surface area contributed by atoms with Crippen LogP contribution >= 0.6 is 0 Å². The molecule has 10 heteroatoms. The van der Waals surface area contributed by atoms with Crippen molar-refractivity contribution in [3.05, 3.63) is 53.8 Å². The third-order valence-corrected chi connectivity index (χ3v) is 3.37. The summed E-state index contributed by atoms with van der Waals surface area (Å²) >= 11 is 0. The smallest absolute Gasteiger partial charge is 0.284 e. The van der Waals surface area contributed by atoms with Gasteiger partial charge in [-0.3, -0.25) is 38.7 Å². The zero-order valence-electron chi connectivity index (χ0n) is 12.6. The van der Waals surface area contributed by atoms with Crippen LogP contribution in [0.2, 0.25) is 0 Å². The van der Waals surface area contributed by atoms with Crippen LogP contribution in [0.25, 0.3) is 0 Å². The normalized spacial score (nSPS) is 10.5. The first-order chi connectivity index (χ1) is 10.2. The lowest BCUT2D eigenvalue weighted by molar-refractivity contribution is 0.684. The maximum absolute atomic E-state index is 11.8. The first-order valence-electron chi connectivity index (χ1n) is 6.30. The Balaban J connectivity index is 2.41. The number of nitrogens with one attached hydrogen (secondary N) is 2. The van der Waals surface area contributed by atoms with Gasteiger partial charge in [-0.15, -0.1) is 0 Å². The quantitative estimate of drug-likeness (QED) is 0.630. The molecule has 22 heavy (non-hydrogen) atoms. The fraction of sp³-hybridized carbons (Fsp3) is 0.333. The van der Waals surface area contributed by atoms with Crippen molar-refractivity contribution < 1.29 is 0 Å². The molecule has 10 nitrogen and oxygen atoms in total. The van der Waals surface area contributed by atoms with Crippen LogP contribution in [-0.4, -0.2) is 18.3 Å². The van der Waals surface area contributed by atoms with Crippen molar-refractivity contribution in [3.63, 3.8) is 0 Å². The number of rotatable bonds is 3. The van der Waals surface area contributed by atoms with Gasteiger partial charge in [-0.1, -0.05) is 0 Å². The minimum Gasteiger partial charge on any atom is -0.284 e. The molecule has 2 aromatic rings. The van der Waals surface area contributed by atoms with E-state index in [9.17, 15) is 19.2 Å². The van der Waals surface area contributed by atoms with Crippen LogP contribution < -0.4 is 33.3 Å². The molecule has 0 aliphatic carbocycles. The molecule has 0 saturated carbocycles. The predicted octanol–water partition coefficient (Wildman–Crippen LogP) is -2.08. The van der Waals surface area contributed by atoms with Crippen molar-refractivity contribution in [2.24, 2.45) is 28.2 Å². The SMILES string of the molecule is Cn1c(NNc2cc(=O)n(C)c(=O)n2C)cc(=O)n(C)c1=O. The Hall–Kier alpha value is -3.04. The Morgan fingerprint density at radius 2 is 0.955 bits per heavy atom. The van der Waals surface area contributed by atoms with E-state index in [1.807, 2.05) is 0 Å². The van der Waals surface area contributed by atoms with Crippen molar-refractivity contribution in [1.82, 2.24) is 18.3 Å². The van der Waals surface area contributed by atoms with Crippen LogP contribution in [-0.2, 0) is 28.2 Å². The number of hydrazine groups is 1. The standard InChI is InChI=1S/C12H16N6O4/c1-15-7(5-9(19)17(3)11(15)21)13-14-8-6-10(20)18(4)12(22)16(8)2/h5-6,13-14H,1-4H3. The van der Waals surface area contributed by atoms with Crippen molar-refractivity contribution in [2.45, 2.75) is 0 Å². The molecule has 2 heterocycles. The van der Waals surface area contributed by atoms with Crippen LogP contribution in [0.4, 0.5) is 11.6 Å². The molecule has 0 aliphatic rings. The molecule has 0 saturated heterocycles. The van der Waals surface area contributed by atoms with Gasteiger partial charge in [-0.05, 0) is 0 Å². The van der Waals surface area contributed by atoms with Crippen LogP contribution in [0.1, 0.15) is 0 Å². The second-order valence-corrected chi connectivity index (χ2v) is 4.79. The first-order valence-corrected chi connectivity index (χ1v) is 6.30. The summed E-state index contributed by atoms with van der Waals surface area (Å²) in [6, 6.07) is 2.43. The molecule has 0 aromatic carbocycles. The molecule has 0 amide bonds. The first kappa shape index (κ1) is 15.4. The summed E-state index contributed by atoms with van der Waals surface area (Å²) in [5, 5.41) is 0. The van der Waals surface area contributed by atoms with Crippen molar-refractivity contribution in [3.8, 4) is 0 Å². The molecule has 2 aromatic heterocycles. The van der Waals surface area contributed by atoms with Crippen molar-refractivity contribution in [2.75, 3.05) is 10.9 Å². The summed E-state index contributed by atoms with van der Waals surface area (Å²) in [4.78, 5) is 46.8. The molecule has 2 N–H and O–H groups in total. The van der Waals surface area contributed by atoms with Gasteiger partial charge in [0.25, 0.3) is 11.1 Å². The Bertz CT molecular complexity index is 882. The third kappa shape index (κ3) is 2.45. The number of anilines is 2. The summed E-state index contributed by atoms with van der Waals surface area (Å²) < 4.78 is 4.35. The molecular formula is C12H16N6O4. The van der Waals surface area contributed by atoms with Gasteiger partial charge in [0, 0.05) is 40.3 Å². The molecule has 0 bridgehead atoms. The number of hydrogen-bond donors (Lipinski definition) is 2.